The van der Waals surface area contributed by atoms with Gasteiger partial charge in [-0.2, -0.15) is 0 Å². The fraction of sp³-hybridized carbons (Fsp3) is 0.273. The van der Waals surface area contributed by atoms with Crippen molar-refractivity contribution in [2.75, 3.05) is 0 Å². The van der Waals surface area contributed by atoms with Crippen LogP contribution < -0.4 is 0 Å². The molecule has 2 nitrogen and oxygen atoms in total. The van der Waals surface area contributed by atoms with E-state index in [1.165, 1.54) is 11.1 Å². The maximum absolute atomic E-state index is 4.26. The monoisotopic (exact) mass is 250 g/mol. The molecule has 0 unspecified atom stereocenters. The van der Waals surface area contributed by atoms with Gasteiger partial charge in [-0.15, -0.1) is 0 Å². The Morgan fingerprint density at radius 2 is 2.29 bits per heavy atom. The summed E-state index contributed by atoms with van der Waals surface area (Å²) in [7, 11) is 0. The predicted octanol–water partition coefficient (Wildman–Crippen LogP) is 3.10. The largest absolute Gasteiger partial charge is 0.264 e. The average Bonchev–Trinajstić information content (AvgIpc) is 2.23. The van der Waals surface area contributed by atoms with Gasteiger partial charge in [0.2, 0.25) is 0 Å². The third-order valence-electron chi connectivity index (χ3n) is 2.19. The highest BCUT2D eigenvalue weighted by Gasteiger charge is 2.06. The van der Waals surface area contributed by atoms with E-state index in [9.17, 15) is 0 Å². The van der Waals surface area contributed by atoms with E-state index in [0.29, 0.717) is 0 Å². The van der Waals surface area contributed by atoms with Crippen LogP contribution in [0.1, 0.15) is 18.4 Å². The normalized spacial score (nSPS) is 16.1. The maximum Gasteiger partial charge on any atom is 0.0832 e. The number of hydrogen-bond acceptors (Lipinski definition) is 2. The second-order valence-corrected chi connectivity index (χ2v) is 4.25. The van der Waals surface area contributed by atoms with Crippen LogP contribution in [0.4, 0.5) is 0 Å². The highest BCUT2D eigenvalue weighted by Crippen LogP contribution is 2.18. The lowest BCUT2D eigenvalue weighted by Crippen LogP contribution is -1.99. The minimum absolute atomic E-state index is 0.970. The molecule has 1 aliphatic rings. The summed E-state index contributed by atoms with van der Waals surface area (Å²) in [4.78, 5) is 8.35. The van der Waals surface area contributed by atoms with Crippen molar-refractivity contribution < 1.29 is 0 Å². The lowest BCUT2D eigenvalue weighted by atomic mass is 10.0. The van der Waals surface area contributed by atoms with Crippen LogP contribution in [-0.4, -0.2) is 9.60 Å². The number of pyridine rings is 1. The first kappa shape index (κ1) is 9.59. The third-order valence-corrected chi connectivity index (χ3v) is 2.79. The van der Waals surface area contributed by atoms with Gasteiger partial charge in [-0.3, -0.25) is 9.98 Å². The van der Waals surface area contributed by atoms with Crippen molar-refractivity contribution >= 4 is 20.6 Å². The first-order valence-electron chi connectivity index (χ1n) is 4.63. The standard InChI is InChI=1S/C11H11BrN2/c12-11-4-3-10(8-14-11)6-9-2-1-5-13-7-9/h1-2,5,7-8H,3-4,6H2. The summed E-state index contributed by atoms with van der Waals surface area (Å²) in [6.07, 6.45) is 8.75. The lowest BCUT2D eigenvalue weighted by Gasteiger charge is -2.09. The van der Waals surface area contributed by atoms with Crippen molar-refractivity contribution in [3.05, 3.63) is 41.9 Å². The zero-order chi connectivity index (χ0) is 9.80. The molecule has 2 heterocycles. The molecule has 3 heteroatoms. The zero-order valence-electron chi connectivity index (χ0n) is 7.78. The van der Waals surface area contributed by atoms with Crippen molar-refractivity contribution in [1.29, 1.82) is 0 Å². The van der Waals surface area contributed by atoms with Crippen molar-refractivity contribution in [2.45, 2.75) is 19.3 Å². The van der Waals surface area contributed by atoms with Crippen LogP contribution in [0.3, 0.4) is 0 Å². The summed E-state index contributed by atoms with van der Waals surface area (Å²) < 4.78 is 1.05. The van der Waals surface area contributed by atoms with Gasteiger partial charge in [0.25, 0.3) is 0 Å². The van der Waals surface area contributed by atoms with E-state index >= 15 is 0 Å². The number of rotatable bonds is 2. The van der Waals surface area contributed by atoms with E-state index in [1.807, 2.05) is 18.5 Å². The van der Waals surface area contributed by atoms with Crippen LogP contribution in [-0.2, 0) is 6.42 Å². The molecule has 0 radical (unpaired) electrons. The molecule has 0 aromatic carbocycles. The Labute approximate surface area is 91.9 Å². The Morgan fingerprint density at radius 1 is 1.36 bits per heavy atom. The molecular weight excluding hydrogens is 240 g/mol. The van der Waals surface area contributed by atoms with Gasteiger partial charge in [-0.25, -0.2) is 0 Å². The smallest absolute Gasteiger partial charge is 0.0832 e. The van der Waals surface area contributed by atoms with Crippen molar-refractivity contribution in [3.8, 4) is 0 Å². The van der Waals surface area contributed by atoms with Gasteiger partial charge in [-0.05, 0) is 46.0 Å². The topological polar surface area (TPSA) is 25.2 Å². The Kier molecular flexibility index (Phi) is 3.09. The fourth-order valence-corrected chi connectivity index (χ4v) is 1.75. The SMILES string of the molecule is BrC1=NC=C(Cc2cccnc2)CC1. The third kappa shape index (κ3) is 2.51. The molecule has 1 aromatic rings. The zero-order valence-corrected chi connectivity index (χ0v) is 9.37. The highest BCUT2D eigenvalue weighted by molar-refractivity contribution is 9.18. The summed E-state index contributed by atoms with van der Waals surface area (Å²) in [5.41, 5.74) is 2.63. The van der Waals surface area contributed by atoms with E-state index < -0.39 is 0 Å². The van der Waals surface area contributed by atoms with Crippen LogP contribution >= 0.6 is 15.9 Å². The Bertz CT molecular complexity index is 368. The lowest BCUT2D eigenvalue weighted by molar-refractivity contribution is 0.926. The molecule has 0 N–H and O–H groups in total. The first-order valence-corrected chi connectivity index (χ1v) is 5.43. The molecule has 0 saturated carbocycles. The number of hydrogen-bond donors (Lipinski definition) is 0. The average molecular weight is 251 g/mol. The van der Waals surface area contributed by atoms with E-state index in [4.69, 9.17) is 0 Å². The summed E-state index contributed by atoms with van der Waals surface area (Å²) in [6.45, 7) is 0. The molecule has 0 aliphatic carbocycles. The number of halogens is 1. The summed E-state index contributed by atoms with van der Waals surface area (Å²) >= 11 is 3.39. The fourth-order valence-electron chi connectivity index (χ4n) is 1.45. The Hall–Kier alpha value is -0.960. The second kappa shape index (κ2) is 4.51. The molecular formula is C11H11BrN2. The molecule has 0 saturated heterocycles. The van der Waals surface area contributed by atoms with Crippen molar-refractivity contribution in [1.82, 2.24) is 4.98 Å². The quantitative estimate of drug-likeness (QED) is 0.792. The van der Waals surface area contributed by atoms with E-state index in [1.54, 1.807) is 6.20 Å². The van der Waals surface area contributed by atoms with Gasteiger partial charge in [0.15, 0.2) is 0 Å². The summed E-state index contributed by atoms with van der Waals surface area (Å²) in [6, 6.07) is 4.07. The van der Waals surface area contributed by atoms with Gasteiger partial charge >= 0.3 is 0 Å². The summed E-state index contributed by atoms with van der Waals surface area (Å²) in [5.74, 6) is 0. The molecule has 0 atom stereocenters. The van der Waals surface area contributed by atoms with Gasteiger partial charge in [0.1, 0.15) is 0 Å². The Balaban J connectivity index is 2.06. The van der Waals surface area contributed by atoms with Crippen LogP contribution in [0.25, 0.3) is 0 Å². The van der Waals surface area contributed by atoms with E-state index in [-0.39, 0.29) is 0 Å². The molecule has 0 amide bonds. The van der Waals surface area contributed by atoms with Gasteiger partial charge < -0.3 is 0 Å². The number of allylic oxidation sites excluding steroid dienone is 1. The number of aliphatic imine (C=N–C) groups is 1. The molecule has 2 rings (SSSR count). The molecule has 0 fully saturated rings. The molecule has 1 aliphatic heterocycles. The highest BCUT2D eigenvalue weighted by atomic mass is 79.9. The summed E-state index contributed by atoms with van der Waals surface area (Å²) in [5, 5.41) is 0. The van der Waals surface area contributed by atoms with Gasteiger partial charge in [-0.1, -0.05) is 6.07 Å². The number of nitrogens with zero attached hydrogens (tertiary/aromatic N) is 2. The molecule has 1 aromatic heterocycles. The molecule has 0 bridgehead atoms. The minimum Gasteiger partial charge on any atom is -0.264 e. The van der Waals surface area contributed by atoms with Crippen LogP contribution in [0.15, 0.2) is 41.3 Å². The van der Waals surface area contributed by atoms with Crippen LogP contribution in [0, 0.1) is 0 Å². The maximum atomic E-state index is 4.26. The van der Waals surface area contributed by atoms with Crippen molar-refractivity contribution in [2.24, 2.45) is 4.99 Å². The van der Waals surface area contributed by atoms with Crippen LogP contribution in [0.5, 0.6) is 0 Å². The van der Waals surface area contributed by atoms with E-state index in [0.717, 1.165) is 23.9 Å². The molecule has 72 valence electrons. The second-order valence-electron chi connectivity index (χ2n) is 3.33. The first-order chi connectivity index (χ1) is 6.84. The Morgan fingerprint density at radius 3 is 2.93 bits per heavy atom. The van der Waals surface area contributed by atoms with Crippen LogP contribution in [0.2, 0.25) is 0 Å². The van der Waals surface area contributed by atoms with Gasteiger partial charge in [0, 0.05) is 25.0 Å². The number of aromatic nitrogens is 1. The molecule has 14 heavy (non-hydrogen) atoms. The minimum atomic E-state index is 0.970. The molecule has 0 spiro atoms. The van der Waals surface area contributed by atoms with Crippen molar-refractivity contribution in [3.63, 3.8) is 0 Å². The predicted molar refractivity (Wildman–Crippen MR) is 61.6 cm³/mol. The van der Waals surface area contributed by atoms with E-state index in [2.05, 4.69) is 32.0 Å². The van der Waals surface area contributed by atoms with Gasteiger partial charge in [0.05, 0.1) is 4.62 Å².